The summed E-state index contributed by atoms with van der Waals surface area (Å²) in [7, 11) is 1.30. The smallest absolute Gasteiger partial charge is 0.310 e. The van der Waals surface area contributed by atoms with Gasteiger partial charge in [-0.1, -0.05) is 12.2 Å². The fourth-order valence-corrected chi connectivity index (χ4v) is 2.73. The lowest BCUT2D eigenvalue weighted by atomic mass is 9.82. The molecule has 0 aromatic carbocycles. The standard InChI is InChI=1S/C10H11N3O3/c1-16-10(15)8-6-3-2-5(4-6)7(8)9(14)12-13-11/h2-3,5-8H,4H2,1H3/t5-,6+,7+,8-/m1/s1. The van der Waals surface area contributed by atoms with Crippen LogP contribution in [0.2, 0.25) is 0 Å². The molecule has 6 heteroatoms. The molecule has 0 N–H and O–H groups in total. The Bertz CT molecular complexity index is 412. The Morgan fingerprint density at radius 1 is 1.38 bits per heavy atom. The minimum absolute atomic E-state index is 0.00657. The second kappa shape index (κ2) is 3.98. The number of azide groups is 1. The molecule has 0 spiro atoms. The molecule has 0 aromatic heterocycles. The number of ether oxygens (including phenoxy) is 1. The first-order valence-electron chi connectivity index (χ1n) is 5.04. The van der Waals surface area contributed by atoms with Gasteiger partial charge in [0.1, 0.15) is 0 Å². The van der Waals surface area contributed by atoms with E-state index in [4.69, 9.17) is 5.53 Å². The van der Waals surface area contributed by atoms with E-state index in [9.17, 15) is 9.59 Å². The SMILES string of the molecule is COC(=O)[C@H]1[C@@H](C(=O)N=[N+]=[N-])[C@@H]2C=C[C@H]1C2. The van der Waals surface area contributed by atoms with Crippen LogP contribution in [-0.4, -0.2) is 19.0 Å². The van der Waals surface area contributed by atoms with Gasteiger partial charge in [-0.3, -0.25) is 9.59 Å². The third-order valence-corrected chi connectivity index (χ3v) is 3.36. The molecule has 6 nitrogen and oxygen atoms in total. The van der Waals surface area contributed by atoms with Gasteiger partial charge in [0.2, 0.25) is 5.91 Å². The molecule has 1 saturated carbocycles. The second-order valence-electron chi connectivity index (χ2n) is 4.05. The zero-order valence-electron chi connectivity index (χ0n) is 8.74. The number of esters is 1. The fourth-order valence-electron chi connectivity index (χ4n) is 2.73. The monoisotopic (exact) mass is 221 g/mol. The number of hydrogen-bond donors (Lipinski definition) is 0. The number of methoxy groups -OCH3 is 1. The van der Waals surface area contributed by atoms with Gasteiger partial charge >= 0.3 is 5.97 Å². The molecule has 2 aliphatic rings. The molecule has 0 aromatic rings. The number of allylic oxidation sites excluding steroid dienone is 2. The fraction of sp³-hybridized carbons (Fsp3) is 0.600. The minimum atomic E-state index is -0.560. The van der Waals surface area contributed by atoms with Crippen molar-refractivity contribution in [3.63, 3.8) is 0 Å². The molecule has 16 heavy (non-hydrogen) atoms. The molecule has 2 bridgehead atoms. The van der Waals surface area contributed by atoms with Gasteiger partial charge < -0.3 is 4.74 Å². The number of carbonyl (C=O) groups is 2. The maximum absolute atomic E-state index is 11.6. The largest absolute Gasteiger partial charge is 0.469 e. The Balaban J connectivity index is 2.28. The molecule has 0 aliphatic heterocycles. The quantitative estimate of drug-likeness (QED) is 0.232. The summed E-state index contributed by atoms with van der Waals surface area (Å²) in [4.78, 5) is 25.7. The van der Waals surface area contributed by atoms with Gasteiger partial charge in [-0.25, -0.2) is 0 Å². The Hall–Kier alpha value is -1.81. The molecule has 0 radical (unpaired) electrons. The molecule has 4 atom stereocenters. The highest BCUT2D eigenvalue weighted by atomic mass is 16.5. The van der Waals surface area contributed by atoms with Crippen LogP contribution >= 0.6 is 0 Å². The van der Waals surface area contributed by atoms with E-state index in [1.165, 1.54) is 7.11 Å². The summed E-state index contributed by atoms with van der Waals surface area (Å²) < 4.78 is 4.69. The van der Waals surface area contributed by atoms with Crippen molar-refractivity contribution in [2.45, 2.75) is 6.42 Å². The summed E-state index contributed by atoms with van der Waals surface area (Å²) >= 11 is 0. The highest BCUT2D eigenvalue weighted by Gasteiger charge is 2.51. The molecule has 1 fully saturated rings. The van der Waals surface area contributed by atoms with Crippen molar-refractivity contribution in [1.82, 2.24) is 0 Å². The zero-order valence-corrected chi connectivity index (χ0v) is 8.74. The zero-order chi connectivity index (χ0) is 11.7. The first-order valence-corrected chi connectivity index (χ1v) is 5.04. The van der Waals surface area contributed by atoms with Gasteiger partial charge in [-0.05, 0) is 28.9 Å². The van der Waals surface area contributed by atoms with E-state index >= 15 is 0 Å². The molecule has 2 aliphatic carbocycles. The molecule has 0 unspecified atom stereocenters. The van der Waals surface area contributed by atoms with Crippen molar-refractivity contribution < 1.29 is 14.3 Å². The van der Waals surface area contributed by atoms with Crippen LogP contribution in [-0.2, 0) is 14.3 Å². The molecule has 2 rings (SSSR count). The Labute approximate surface area is 91.9 Å². The van der Waals surface area contributed by atoms with Gasteiger partial charge in [0.05, 0.1) is 13.0 Å². The van der Waals surface area contributed by atoms with Gasteiger partial charge in [0.25, 0.3) is 0 Å². The Morgan fingerprint density at radius 3 is 2.56 bits per heavy atom. The van der Waals surface area contributed by atoms with Crippen LogP contribution in [0.15, 0.2) is 17.3 Å². The highest BCUT2D eigenvalue weighted by Crippen LogP contribution is 2.48. The van der Waals surface area contributed by atoms with E-state index in [2.05, 4.69) is 14.8 Å². The predicted octanol–water partition coefficient (Wildman–Crippen LogP) is 1.43. The summed E-state index contributed by atoms with van der Waals surface area (Å²) in [5, 5.41) is 3.09. The van der Waals surface area contributed by atoms with E-state index in [-0.39, 0.29) is 11.8 Å². The van der Waals surface area contributed by atoms with Crippen LogP contribution < -0.4 is 0 Å². The number of carbonyl (C=O) groups excluding carboxylic acids is 2. The van der Waals surface area contributed by atoms with Crippen LogP contribution in [0.1, 0.15) is 6.42 Å². The van der Waals surface area contributed by atoms with Gasteiger partial charge in [-0.15, -0.1) is 0 Å². The number of hydrogen-bond acceptors (Lipinski definition) is 3. The normalized spacial score (nSPS) is 34.6. The van der Waals surface area contributed by atoms with E-state index < -0.39 is 23.7 Å². The number of fused-ring (bicyclic) bond motifs is 2. The lowest BCUT2D eigenvalue weighted by Crippen LogP contribution is -2.33. The van der Waals surface area contributed by atoms with Crippen molar-refractivity contribution in [3.8, 4) is 0 Å². The predicted molar refractivity (Wildman–Crippen MR) is 53.9 cm³/mol. The van der Waals surface area contributed by atoms with Gasteiger partial charge in [0.15, 0.2) is 0 Å². The maximum Gasteiger partial charge on any atom is 0.310 e. The first kappa shape index (κ1) is 10.7. The first-order chi connectivity index (χ1) is 7.69. The Kier molecular flexibility index (Phi) is 2.66. The van der Waals surface area contributed by atoms with Crippen LogP contribution in [0.4, 0.5) is 0 Å². The molecule has 0 saturated heterocycles. The van der Waals surface area contributed by atoms with Gasteiger partial charge in [-0.2, -0.15) is 0 Å². The maximum atomic E-state index is 11.6. The molecule has 84 valence electrons. The summed E-state index contributed by atoms with van der Waals surface area (Å²) in [6.45, 7) is 0. The molecular weight excluding hydrogens is 210 g/mol. The van der Waals surface area contributed by atoms with Crippen molar-refractivity contribution in [2.75, 3.05) is 7.11 Å². The molecule has 1 amide bonds. The lowest BCUT2D eigenvalue weighted by molar-refractivity contribution is -0.150. The van der Waals surface area contributed by atoms with E-state index in [0.717, 1.165) is 6.42 Å². The summed E-state index contributed by atoms with van der Waals surface area (Å²) in [5.74, 6) is -1.94. The lowest BCUT2D eigenvalue weighted by Gasteiger charge is -2.22. The average molecular weight is 221 g/mol. The van der Waals surface area contributed by atoms with E-state index in [0.29, 0.717) is 0 Å². The Morgan fingerprint density at radius 2 is 2.00 bits per heavy atom. The van der Waals surface area contributed by atoms with E-state index in [1.54, 1.807) is 0 Å². The second-order valence-corrected chi connectivity index (χ2v) is 4.05. The van der Waals surface area contributed by atoms with E-state index in [1.807, 2.05) is 12.2 Å². The molecular formula is C10H11N3O3. The van der Waals surface area contributed by atoms with Crippen LogP contribution in [0, 0.1) is 23.7 Å². The third kappa shape index (κ3) is 1.47. The summed E-state index contributed by atoms with van der Waals surface area (Å²) in [5.41, 5.74) is 8.25. The topological polar surface area (TPSA) is 92.1 Å². The highest BCUT2D eigenvalue weighted by molar-refractivity contribution is 5.87. The van der Waals surface area contributed by atoms with Crippen molar-refractivity contribution in [3.05, 3.63) is 22.6 Å². The van der Waals surface area contributed by atoms with Crippen molar-refractivity contribution in [1.29, 1.82) is 0 Å². The third-order valence-electron chi connectivity index (χ3n) is 3.36. The number of amides is 1. The summed E-state index contributed by atoms with van der Waals surface area (Å²) in [6.07, 6.45) is 4.61. The van der Waals surface area contributed by atoms with Crippen LogP contribution in [0.5, 0.6) is 0 Å². The van der Waals surface area contributed by atoms with Crippen LogP contribution in [0.25, 0.3) is 10.4 Å². The van der Waals surface area contributed by atoms with Crippen molar-refractivity contribution in [2.24, 2.45) is 28.8 Å². The number of nitrogens with zero attached hydrogens (tertiary/aromatic N) is 3. The van der Waals surface area contributed by atoms with Crippen molar-refractivity contribution >= 4 is 11.9 Å². The molecule has 0 heterocycles. The summed E-state index contributed by atoms with van der Waals surface area (Å²) in [6, 6.07) is 0. The average Bonchev–Trinajstić information content (AvgIpc) is 2.87. The van der Waals surface area contributed by atoms with Crippen LogP contribution in [0.3, 0.4) is 0 Å². The number of rotatable bonds is 2. The van der Waals surface area contributed by atoms with Gasteiger partial charge in [0, 0.05) is 10.8 Å². The minimum Gasteiger partial charge on any atom is -0.469 e.